The normalized spacial score (nSPS) is 11.1. The summed E-state index contributed by atoms with van der Waals surface area (Å²) in [5.74, 6) is 1.90. The van der Waals surface area contributed by atoms with E-state index >= 15 is 0 Å². The van der Waals surface area contributed by atoms with Crippen molar-refractivity contribution in [2.45, 2.75) is 19.4 Å². The smallest absolute Gasteiger partial charge is 0.169 e. The van der Waals surface area contributed by atoms with Gasteiger partial charge in [0.15, 0.2) is 5.65 Å². The number of aliphatic hydroxyl groups excluding tert-OH is 1. The van der Waals surface area contributed by atoms with E-state index < -0.39 is 0 Å². The monoisotopic (exact) mass is 480 g/mol. The van der Waals surface area contributed by atoms with Gasteiger partial charge in [0.2, 0.25) is 0 Å². The Morgan fingerprint density at radius 3 is 2.36 bits per heavy atom. The van der Waals surface area contributed by atoms with Crippen molar-refractivity contribution in [3.8, 4) is 28.4 Å². The summed E-state index contributed by atoms with van der Waals surface area (Å²) >= 11 is 0. The molecule has 0 unspecified atom stereocenters. The molecule has 5 aromatic rings. The zero-order valence-electron chi connectivity index (χ0n) is 19.8. The van der Waals surface area contributed by atoms with Crippen LogP contribution in [0.3, 0.4) is 0 Å². The molecule has 0 aliphatic carbocycles. The Kier molecular flexibility index (Phi) is 7.16. The molecular weight excluding hydrogens is 452 g/mol. The molecule has 3 aromatic carbocycles. The highest BCUT2D eigenvalue weighted by Gasteiger charge is 2.18. The number of fused-ring (bicyclic) bond motifs is 1. The van der Waals surface area contributed by atoms with E-state index in [1.54, 1.807) is 4.68 Å². The van der Waals surface area contributed by atoms with E-state index in [0.29, 0.717) is 22.5 Å². The van der Waals surface area contributed by atoms with Gasteiger partial charge in [-0.3, -0.25) is 0 Å². The zero-order chi connectivity index (χ0) is 24.7. The van der Waals surface area contributed by atoms with Gasteiger partial charge in [0.1, 0.15) is 29.3 Å². The number of rotatable bonds is 10. The third kappa shape index (κ3) is 5.19. The number of benzene rings is 3. The van der Waals surface area contributed by atoms with E-state index in [1.807, 2.05) is 66.7 Å². The number of nitrogens with zero attached hydrogens (tertiary/aromatic N) is 4. The van der Waals surface area contributed by atoms with Crippen LogP contribution < -0.4 is 15.8 Å². The molecule has 2 aromatic heterocycles. The number of nitrogen functional groups attached to an aromatic ring is 1. The second kappa shape index (κ2) is 11.0. The quantitative estimate of drug-likeness (QED) is 0.248. The Morgan fingerprint density at radius 2 is 1.61 bits per heavy atom. The number of hydrogen-bond acceptors (Lipinski definition) is 7. The molecule has 182 valence electrons. The van der Waals surface area contributed by atoms with Gasteiger partial charge in [-0.25, -0.2) is 14.6 Å². The topological polar surface area (TPSA) is 111 Å². The molecule has 0 atom stereocenters. The van der Waals surface area contributed by atoms with Crippen molar-refractivity contribution < 1.29 is 9.84 Å². The summed E-state index contributed by atoms with van der Waals surface area (Å²) in [6.45, 7) is 1.88. The van der Waals surface area contributed by atoms with Crippen molar-refractivity contribution in [1.29, 1.82) is 0 Å². The van der Waals surface area contributed by atoms with E-state index in [4.69, 9.17) is 20.7 Å². The number of aromatic nitrogens is 4. The number of nitrogens with one attached hydrogen (secondary N) is 1. The first kappa shape index (κ1) is 23.5. The van der Waals surface area contributed by atoms with Gasteiger partial charge in [0.05, 0.1) is 11.1 Å². The van der Waals surface area contributed by atoms with Crippen molar-refractivity contribution in [1.82, 2.24) is 25.1 Å². The van der Waals surface area contributed by atoms with Crippen LogP contribution in [0, 0.1) is 0 Å². The first-order valence-electron chi connectivity index (χ1n) is 12.0. The maximum atomic E-state index is 8.90. The van der Waals surface area contributed by atoms with Crippen molar-refractivity contribution in [3.05, 3.63) is 90.8 Å². The molecule has 0 saturated heterocycles. The summed E-state index contributed by atoms with van der Waals surface area (Å²) in [6.07, 6.45) is 3.23. The molecule has 0 saturated carbocycles. The lowest BCUT2D eigenvalue weighted by Crippen LogP contribution is -2.15. The van der Waals surface area contributed by atoms with Crippen LogP contribution in [-0.2, 0) is 6.54 Å². The molecule has 8 nitrogen and oxygen atoms in total. The first-order chi connectivity index (χ1) is 17.7. The molecule has 5 rings (SSSR count). The Hall–Kier alpha value is -4.27. The van der Waals surface area contributed by atoms with Gasteiger partial charge in [0.25, 0.3) is 0 Å². The summed E-state index contributed by atoms with van der Waals surface area (Å²) in [7, 11) is 0. The summed E-state index contributed by atoms with van der Waals surface area (Å²) in [6, 6.07) is 25.6. The third-order valence-electron chi connectivity index (χ3n) is 5.87. The van der Waals surface area contributed by atoms with Crippen LogP contribution in [-0.4, -0.2) is 38.0 Å². The second-order valence-corrected chi connectivity index (χ2v) is 8.43. The van der Waals surface area contributed by atoms with Gasteiger partial charge in [-0.2, -0.15) is 5.10 Å². The molecule has 0 spiro atoms. The number of ether oxygens (including phenoxy) is 1. The summed E-state index contributed by atoms with van der Waals surface area (Å²) in [5, 5.41) is 17.9. The highest BCUT2D eigenvalue weighted by molar-refractivity contribution is 5.98. The Labute approximate surface area is 209 Å². The fraction of sp³-hybridized carbons (Fsp3) is 0.179. The number of anilines is 1. The molecule has 8 heteroatoms. The van der Waals surface area contributed by atoms with Crippen LogP contribution in [0.2, 0.25) is 0 Å². The molecule has 0 aliphatic heterocycles. The molecule has 0 bridgehead atoms. The highest BCUT2D eigenvalue weighted by Crippen LogP contribution is 2.33. The largest absolute Gasteiger partial charge is 0.457 e. The summed E-state index contributed by atoms with van der Waals surface area (Å²) in [4.78, 5) is 8.70. The van der Waals surface area contributed by atoms with Gasteiger partial charge >= 0.3 is 0 Å². The van der Waals surface area contributed by atoms with E-state index in [1.165, 1.54) is 11.9 Å². The minimum atomic E-state index is 0.232. The predicted octanol–water partition coefficient (Wildman–Crippen LogP) is 4.72. The number of nitrogens with two attached hydrogens (primary N) is 1. The summed E-state index contributed by atoms with van der Waals surface area (Å²) in [5.41, 5.74) is 10.6. The van der Waals surface area contributed by atoms with Gasteiger partial charge in [-0.1, -0.05) is 30.3 Å². The van der Waals surface area contributed by atoms with Crippen LogP contribution in [0.15, 0.2) is 85.2 Å². The number of unbranched alkanes of at least 4 members (excludes halogenated alkanes) is 1. The van der Waals surface area contributed by atoms with Gasteiger partial charge in [-0.05, 0) is 73.5 Å². The molecule has 0 fully saturated rings. The number of aliphatic hydroxyl groups is 1. The van der Waals surface area contributed by atoms with Gasteiger partial charge in [0, 0.05) is 18.7 Å². The SMILES string of the molecule is Nc1ncnc2c1c(-c1ccc(Oc3ccccc3)cc1)nn2-c1ccc(CNCCCCO)cc1. The van der Waals surface area contributed by atoms with Crippen molar-refractivity contribution in [3.63, 3.8) is 0 Å². The van der Waals surface area contributed by atoms with Crippen LogP contribution in [0.25, 0.3) is 28.0 Å². The predicted molar refractivity (Wildman–Crippen MR) is 141 cm³/mol. The molecule has 4 N–H and O–H groups in total. The number of hydrogen-bond donors (Lipinski definition) is 3. The Morgan fingerprint density at radius 1 is 0.861 bits per heavy atom. The fourth-order valence-electron chi connectivity index (χ4n) is 4.01. The van der Waals surface area contributed by atoms with E-state index in [2.05, 4.69) is 27.4 Å². The van der Waals surface area contributed by atoms with Crippen molar-refractivity contribution in [2.24, 2.45) is 0 Å². The maximum absolute atomic E-state index is 8.90. The standard InChI is InChI=1S/C28H28N6O2/c29-27-25-26(21-10-14-24(15-11-21)36-23-6-2-1-3-7-23)33-34(28(25)32-19-31-27)22-12-8-20(9-13-22)18-30-16-4-5-17-35/h1-3,6-15,19,30,35H,4-5,16-18H2,(H2,29,31,32). The molecule has 0 amide bonds. The average Bonchev–Trinajstić information content (AvgIpc) is 3.31. The Balaban J connectivity index is 1.41. The second-order valence-electron chi connectivity index (χ2n) is 8.43. The molecular formula is C28H28N6O2. The fourth-order valence-corrected chi connectivity index (χ4v) is 4.01. The lowest BCUT2D eigenvalue weighted by Gasteiger charge is -2.07. The molecule has 0 aliphatic rings. The molecule has 36 heavy (non-hydrogen) atoms. The van der Waals surface area contributed by atoms with E-state index in [0.717, 1.165) is 48.7 Å². The highest BCUT2D eigenvalue weighted by atomic mass is 16.5. The third-order valence-corrected chi connectivity index (χ3v) is 5.87. The van der Waals surface area contributed by atoms with Crippen LogP contribution in [0.5, 0.6) is 11.5 Å². The van der Waals surface area contributed by atoms with Gasteiger partial charge in [-0.15, -0.1) is 0 Å². The minimum absolute atomic E-state index is 0.232. The van der Waals surface area contributed by atoms with Gasteiger partial charge < -0.3 is 20.9 Å². The van der Waals surface area contributed by atoms with Crippen LogP contribution in [0.4, 0.5) is 5.82 Å². The van der Waals surface area contributed by atoms with E-state index in [-0.39, 0.29) is 6.61 Å². The number of para-hydroxylation sites is 1. The van der Waals surface area contributed by atoms with Crippen LogP contribution >= 0.6 is 0 Å². The lowest BCUT2D eigenvalue weighted by atomic mass is 10.1. The average molecular weight is 481 g/mol. The maximum Gasteiger partial charge on any atom is 0.169 e. The lowest BCUT2D eigenvalue weighted by molar-refractivity contribution is 0.283. The first-order valence-corrected chi connectivity index (χ1v) is 12.0. The summed E-state index contributed by atoms with van der Waals surface area (Å²) < 4.78 is 7.72. The minimum Gasteiger partial charge on any atom is -0.457 e. The molecule has 2 heterocycles. The van der Waals surface area contributed by atoms with Crippen molar-refractivity contribution in [2.75, 3.05) is 18.9 Å². The van der Waals surface area contributed by atoms with Crippen molar-refractivity contribution >= 4 is 16.9 Å². The molecule has 0 radical (unpaired) electrons. The zero-order valence-corrected chi connectivity index (χ0v) is 19.8. The Bertz CT molecular complexity index is 1420. The van der Waals surface area contributed by atoms with E-state index in [9.17, 15) is 0 Å². The van der Waals surface area contributed by atoms with Crippen LogP contribution in [0.1, 0.15) is 18.4 Å².